The van der Waals surface area contributed by atoms with Crippen molar-refractivity contribution in [2.75, 3.05) is 5.32 Å². The Bertz CT molecular complexity index is 917. The maximum Gasteiger partial charge on any atom is 0.259 e. The summed E-state index contributed by atoms with van der Waals surface area (Å²) < 4.78 is 5.93. The quantitative estimate of drug-likeness (QED) is 0.590. The number of aryl methyl sites for hydroxylation is 1. The average Bonchev–Trinajstić information content (AvgIpc) is 2.68. The van der Waals surface area contributed by atoms with E-state index >= 15 is 0 Å². The van der Waals surface area contributed by atoms with E-state index in [1.54, 1.807) is 6.07 Å². The van der Waals surface area contributed by atoms with Gasteiger partial charge >= 0.3 is 0 Å². The zero-order chi connectivity index (χ0) is 19.2. The molecular weight excluding hydrogens is 334 g/mol. The van der Waals surface area contributed by atoms with Crippen LogP contribution in [-0.4, -0.2) is 5.91 Å². The second kappa shape index (κ2) is 8.54. The highest BCUT2D eigenvalue weighted by Gasteiger charge is 2.16. The lowest BCUT2D eigenvalue weighted by Gasteiger charge is -2.17. The van der Waals surface area contributed by atoms with Crippen LogP contribution in [0.25, 0.3) is 0 Å². The van der Waals surface area contributed by atoms with E-state index in [2.05, 4.69) is 25.2 Å². The molecule has 3 nitrogen and oxygen atoms in total. The maximum atomic E-state index is 13.0. The molecule has 0 radical (unpaired) electrons. The minimum Gasteiger partial charge on any atom is -0.488 e. The molecule has 0 aromatic heterocycles. The first-order valence-electron chi connectivity index (χ1n) is 9.23. The van der Waals surface area contributed by atoms with Gasteiger partial charge in [0.1, 0.15) is 12.4 Å². The number of ether oxygens (including phenoxy) is 1. The molecule has 0 aliphatic carbocycles. The molecule has 0 aliphatic heterocycles. The Morgan fingerprint density at radius 3 is 2.37 bits per heavy atom. The van der Waals surface area contributed by atoms with Crippen LogP contribution in [0.4, 0.5) is 5.69 Å². The van der Waals surface area contributed by atoms with Gasteiger partial charge in [-0.3, -0.25) is 4.79 Å². The maximum absolute atomic E-state index is 13.0. The largest absolute Gasteiger partial charge is 0.488 e. The fraction of sp³-hybridized carbons (Fsp3) is 0.208. The SMILES string of the molecule is Cc1cccc(C(C)C)c1NC(=O)c1ccccc1OCc1ccccc1. The van der Waals surface area contributed by atoms with Crippen molar-refractivity contribution in [1.82, 2.24) is 0 Å². The summed E-state index contributed by atoms with van der Waals surface area (Å²) in [6.45, 7) is 6.69. The molecular formula is C24H25NO2. The number of hydrogen-bond donors (Lipinski definition) is 1. The highest BCUT2D eigenvalue weighted by Crippen LogP contribution is 2.29. The number of hydrogen-bond acceptors (Lipinski definition) is 2. The number of anilines is 1. The number of carbonyl (C=O) groups excluding carboxylic acids is 1. The zero-order valence-electron chi connectivity index (χ0n) is 16.0. The van der Waals surface area contributed by atoms with Crippen molar-refractivity contribution in [3.63, 3.8) is 0 Å². The Balaban J connectivity index is 1.82. The summed E-state index contributed by atoms with van der Waals surface area (Å²) in [5, 5.41) is 3.10. The first kappa shape index (κ1) is 18.7. The van der Waals surface area contributed by atoms with E-state index in [9.17, 15) is 4.79 Å². The van der Waals surface area contributed by atoms with E-state index in [4.69, 9.17) is 4.74 Å². The summed E-state index contributed by atoms with van der Waals surface area (Å²) in [7, 11) is 0. The Morgan fingerprint density at radius 1 is 0.926 bits per heavy atom. The Kier molecular flexibility index (Phi) is 5.92. The molecule has 138 valence electrons. The lowest BCUT2D eigenvalue weighted by atomic mass is 9.98. The summed E-state index contributed by atoms with van der Waals surface area (Å²) in [5.74, 6) is 0.748. The Hall–Kier alpha value is -3.07. The second-order valence-electron chi connectivity index (χ2n) is 6.92. The van der Waals surface area contributed by atoms with Gasteiger partial charge in [0.05, 0.1) is 5.56 Å². The second-order valence-corrected chi connectivity index (χ2v) is 6.92. The molecule has 0 saturated heterocycles. The molecule has 0 unspecified atom stereocenters. The molecule has 3 aromatic carbocycles. The molecule has 1 amide bonds. The Morgan fingerprint density at radius 2 is 1.63 bits per heavy atom. The van der Waals surface area contributed by atoms with Crippen LogP contribution in [0.5, 0.6) is 5.75 Å². The van der Waals surface area contributed by atoms with E-state index < -0.39 is 0 Å². The van der Waals surface area contributed by atoms with Crippen LogP contribution >= 0.6 is 0 Å². The van der Waals surface area contributed by atoms with Gasteiger partial charge in [-0.1, -0.05) is 74.5 Å². The van der Waals surface area contributed by atoms with E-state index in [0.717, 1.165) is 22.4 Å². The summed E-state index contributed by atoms with van der Waals surface area (Å²) in [5.41, 5.74) is 4.67. The molecule has 3 aromatic rings. The minimum atomic E-state index is -0.158. The number of amides is 1. The van der Waals surface area contributed by atoms with Crippen molar-refractivity contribution in [1.29, 1.82) is 0 Å². The van der Waals surface area contributed by atoms with Crippen molar-refractivity contribution >= 4 is 11.6 Å². The minimum absolute atomic E-state index is 0.158. The van der Waals surface area contributed by atoms with Gasteiger partial charge in [-0.2, -0.15) is 0 Å². The molecule has 0 spiro atoms. The molecule has 0 fully saturated rings. The van der Waals surface area contributed by atoms with Crippen molar-refractivity contribution in [3.05, 3.63) is 95.1 Å². The summed E-state index contributed by atoms with van der Waals surface area (Å²) >= 11 is 0. The van der Waals surface area contributed by atoms with Crippen molar-refractivity contribution in [3.8, 4) is 5.75 Å². The van der Waals surface area contributed by atoms with Crippen LogP contribution in [0.1, 0.15) is 46.8 Å². The van der Waals surface area contributed by atoms with E-state index in [0.29, 0.717) is 23.8 Å². The van der Waals surface area contributed by atoms with Gasteiger partial charge in [-0.25, -0.2) is 0 Å². The van der Waals surface area contributed by atoms with Gasteiger partial charge < -0.3 is 10.1 Å². The topological polar surface area (TPSA) is 38.3 Å². The normalized spacial score (nSPS) is 10.7. The highest BCUT2D eigenvalue weighted by molar-refractivity contribution is 6.07. The third-order valence-electron chi connectivity index (χ3n) is 4.53. The van der Waals surface area contributed by atoms with Crippen LogP contribution in [0.15, 0.2) is 72.8 Å². The predicted molar refractivity (Wildman–Crippen MR) is 110 cm³/mol. The van der Waals surface area contributed by atoms with Crippen LogP contribution in [0.3, 0.4) is 0 Å². The Labute approximate surface area is 161 Å². The molecule has 27 heavy (non-hydrogen) atoms. The number of rotatable bonds is 6. The number of nitrogens with one attached hydrogen (secondary N) is 1. The molecule has 3 rings (SSSR count). The highest BCUT2D eigenvalue weighted by atomic mass is 16.5. The van der Waals surface area contributed by atoms with Crippen LogP contribution in [0.2, 0.25) is 0 Å². The molecule has 0 atom stereocenters. The van der Waals surface area contributed by atoms with Gasteiger partial charge in [-0.05, 0) is 41.7 Å². The van der Waals surface area contributed by atoms with Crippen molar-refractivity contribution in [2.45, 2.75) is 33.3 Å². The zero-order valence-corrected chi connectivity index (χ0v) is 16.0. The molecule has 0 saturated carbocycles. The first-order chi connectivity index (χ1) is 13.1. The van der Waals surface area contributed by atoms with Gasteiger partial charge in [0.2, 0.25) is 0 Å². The smallest absolute Gasteiger partial charge is 0.259 e. The van der Waals surface area contributed by atoms with Crippen LogP contribution in [0, 0.1) is 6.92 Å². The summed E-state index contributed by atoms with van der Waals surface area (Å²) in [6.07, 6.45) is 0. The van der Waals surface area contributed by atoms with Crippen molar-refractivity contribution < 1.29 is 9.53 Å². The van der Waals surface area contributed by atoms with Gasteiger partial charge in [-0.15, -0.1) is 0 Å². The van der Waals surface area contributed by atoms with E-state index in [-0.39, 0.29) is 5.91 Å². The summed E-state index contributed by atoms with van der Waals surface area (Å²) in [4.78, 5) is 13.0. The van der Waals surface area contributed by atoms with Crippen LogP contribution < -0.4 is 10.1 Å². The standard InChI is InChI=1S/C24H25NO2/c1-17(2)20-14-9-10-18(3)23(20)25-24(26)21-13-7-8-15-22(21)27-16-19-11-5-4-6-12-19/h4-15,17H,16H2,1-3H3,(H,25,26). The lowest BCUT2D eigenvalue weighted by molar-refractivity contribution is 0.102. The van der Waals surface area contributed by atoms with Gasteiger partial charge in [0.15, 0.2) is 0 Å². The number of benzene rings is 3. The number of para-hydroxylation sites is 2. The van der Waals surface area contributed by atoms with Gasteiger partial charge in [0, 0.05) is 5.69 Å². The fourth-order valence-corrected chi connectivity index (χ4v) is 3.04. The average molecular weight is 359 g/mol. The summed E-state index contributed by atoms with van der Waals surface area (Å²) in [6, 6.07) is 23.4. The molecule has 3 heteroatoms. The first-order valence-corrected chi connectivity index (χ1v) is 9.23. The molecule has 0 heterocycles. The monoisotopic (exact) mass is 359 g/mol. The van der Waals surface area contributed by atoms with Crippen LogP contribution in [-0.2, 0) is 6.61 Å². The van der Waals surface area contributed by atoms with Gasteiger partial charge in [0.25, 0.3) is 5.91 Å². The molecule has 0 bridgehead atoms. The third-order valence-corrected chi connectivity index (χ3v) is 4.53. The van der Waals surface area contributed by atoms with E-state index in [1.165, 1.54) is 0 Å². The van der Waals surface area contributed by atoms with Crippen molar-refractivity contribution in [2.24, 2.45) is 0 Å². The van der Waals surface area contributed by atoms with E-state index in [1.807, 2.05) is 67.6 Å². The predicted octanol–water partition coefficient (Wildman–Crippen LogP) is 5.95. The lowest BCUT2D eigenvalue weighted by Crippen LogP contribution is -2.16. The third kappa shape index (κ3) is 4.56. The molecule has 1 N–H and O–H groups in total. The fourth-order valence-electron chi connectivity index (χ4n) is 3.04. The number of carbonyl (C=O) groups is 1. The molecule has 0 aliphatic rings.